The molecule has 1 heterocycles. The van der Waals surface area contributed by atoms with Crippen LogP contribution in [0.25, 0.3) is 0 Å². The van der Waals surface area contributed by atoms with Crippen LogP contribution in [0.4, 0.5) is 0 Å². The molecule has 1 aliphatic carbocycles. The molecule has 2 rings (SSSR count). The molecule has 0 aromatic carbocycles. The van der Waals surface area contributed by atoms with Crippen molar-refractivity contribution in [1.29, 1.82) is 0 Å². The summed E-state index contributed by atoms with van der Waals surface area (Å²) in [5.74, 6) is 2.34. The molecule has 0 saturated heterocycles. The number of hydrogen-bond acceptors (Lipinski definition) is 4. The van der Waals surface area contributed by atoms with Crippen molar-refractivity contribution in [2.24, 2.45) is 12.0 Å². The summed E-state index contributed by atoms with van der Waals surface area (Å²) in [4.78, 5) is 18.0. The number of guanidine groups is 1. The summed E-state index contributed by atoms with van der Waals surface area (Å²) in [6, 6.07) is 0.417. The molecule has 1 saturated carbocycles. The summed E-state index contributed by atoms with van der Waals surface area (Å²) in [6.45, 7) is 2.56. The van der Waals surface area contributed by atoms with Crippen LogP contribution >= 0.6 is 24.0 Å². The lowest BCUT2D eigenvalue weighted by Gasteiger charge is -2.25. The third-order valence-electron chi connectivity index (χ3n) is 4.41. The number of aryl methyl sites for hydroxylation is 1. The number of nitrogens with one attached hydrogen (secondary N) is 2. The van der Waals surface area contributed by atoms with E-state index in [1.807, 2.05) is 18.5 Å². The Hall–Kier alpha value is -1.39. The highest BCUT2D eigenvalue weighted by atomic mass is 127. The molecule has 0 radical (unpaired) electrons. The first-order valence-corrected chi connectivity index (χ1v) is 8.57. The Balaban J connectivity index is 0.00000312. The van der Waals surface area contributed by atoms with Crippen molar-refractivity contribution in [2.45, 2.75) is 51.6 Å². The fourth-order valence-electron chi connectivity index (χ4n) is 2.65. The molecule has 1 amide bonds. The van der Waals surface area contributed by atoms with Gasteiger partial charge in [-0.1, -0.05) is 19.3 Å². The Morgan fingerprint density at radius 1 is 1.28 bits per heavy atom. The minimum atomic E-state index is 0. The Kier molecular flexibility index (Phi) is 9.15. The average Bonchev–Trinajstić information content (AvgIpc) is 2.89. The second-order valence-corrected chi connectivity index (χ2v) is 6.51. The predicted molar refractivity (Wildman–Crippen MR) is 109 cm³/mol. The molecule has 0 unspecified atom stereocenters. The summed E-state index contributed by atoms with van der Waals surface area (Å²) < 4.78 is 1.92. The molecular formula is C16H30IN7O. The monoisotopic (exact) mass is 463 g/mol. The van der Waals surface area contributed by atoms with Crippen LogP contribution in [0.2, 0.25) is 0 Å². The van der Waals surface area contributed by atoms with Gasteiger partial charge in [0.15, 0.2) is 11.8 Å². The third kappa shape index (κ3) is 6.79. The van der Waals surface area contributed by atoms with Gasteiger partial charge in [-0.15, -0.1) is 34.2 Å². The Labute approximate surface area is 166 Å². The van der Waals surface area contributed by atoms with Crippen LogP contribution in [0.15, 0.2) is 4.99 Å². The van der Waals surface area contributed by atoms with Gasteiger partial charge in [-0.2, -0.15) is 0 Å². The minimum Gasteiger partial charge on any atom is -0.354 e. The number of aliphatic imine (C=N–C) groups is 1. The lowest BCUT2D eigenvalue weighted by Crippen LogP contribution is -2.47. The first kappa shape index (κ1) is 21.7. The molecule has 1 aliphatic rings. The molecule has 8 nitrogen and oxygen atoms in total. The zero-order chi connectivity index (χ0) is 17.5. The molecule has 0 spiro atoms. The second kappa shape index (κ2) is 10.6. The van der Waals surface area contributed by atoms with Gasteiger partial charge in [0, 0.05) is 27.2 Å². The number of rotatable bonds is 5. The number of amides is 1. The van der Waals surface area contributed by atoms with E-state index in [-0.39, 0.29) is 36.4 Å². The fraction of sp³-hybridized carbons (Fsp3) is 0.750. The first-order chi connectivity index (χ1) is 11.5. The van der Waals surface area contributed by atoms with Crippen LogP contribution in [0.1, 0.15) is 43.8 Å². The topological polar surface area (TPSA) is 87.4 Å². The molecule has 1 aromatic rings. The third-order valence-corrected chi connectivity index (χ3v) is 4.41. The average molecular weight is 463 g/mol. The highest BCUT2D eigenvalue weighted by Crippen LogP contribution is 2.17. The quantitative estimate of drug-likeness (QED) is 0.390. The van der Waals surface area contributed by atoms with Crippen molar-refractivity contribution < 1.29 is 4.79 Å². The van der Waals surface area contributed by atoms with E-state index in [0.717, 1.165) is 24.5 Å². The Morgan fingerprint density at radius 3 is 2.52 bits per heavy atom. The van der Waals surface area contributed by atoms with Gasteiger partial charge in [0.2, 0.25) is 5.91 Å². The molecule has 1 aromatic heterocycles. The highest BCUT2D eigenvalue weighted by molar-refractivity contribution is 14.0. The summed E-state index contributed by atoms with van der Waals surface area (Å²) in [6.07, 6.45) is 6.07. The van der Waals surface area contributed by atoms with Crippen LogP contribution in [0, 0.1) is 6.92 Å². The Bertz CT molecular complexity index is 579. The Morgan fingerprint density at radius 2 is 1.96 bits per heavy atom. The van der Waals surface area contributed by atoms with Gasteiger partial charge in [-0.3, -0.25) is 4.79 Å². The zero-order valence-corrected chi connectivity index (χ0v) is 17.9. The highest BCUT2D eigenvalue weighted by Gasteiger charge is 2.16. The first-order valence-electron chi connectivity index (χ1n) is 8.57. The number of carbonyl (C=O) groups is 1. The number of likely N-dealkylation sites (N-methyl/N-ethyl adjacent to an activating group) is 1. The van der Waals surface area contributed by atoms with Gasteiger partial charge in [-0.05, 0) is 19.8 Å². The van der Waals surface area contributed by atoms with Crippen LogP contribution in [-0.4, -0.2) is 58.2 Å². The molecule has 1 fully saturated rings. The second-order valence-electron chi connectivity index (χ2n) is 6.51. The summed E-state index contributed by atoms with van der Waals surface area (Å²) in [7, 11) is 5.42. The maximum absolute atomic E-state index is 11.8. The number of hydrogen-bond donors (Lipinski definition) is 2. The maximum Gasteiger partial charge on any atom is 0.241 e. The van der Waals surface area contributed by atoms with Gasteiger partial charge >= 0.3 is 0 Å². The van der Waals surface area contributed by atoms with Gasteiger partial charge in [0.1, 0.15) is 12.4 Å². The van der Waals surface area contributed by atoms with Crippen molar-refractivity contribution in [1.82, 2.24) is 30.3 Å². The van der Waals surface area contributed by atoms with Crippen molar-refractivity contribution in [3.8, 4) is 0 Å². The van der Waals surface area contributed by atoms with E-state index < -0.39 is 0 Å². The lowest BCUT2D eigenvalue weighted by molar-refractivity contribution is -0.127. The molecule has 2 N–H and O–H groups in total. The SMILES string of the molecule is Cc1nnc(CN=C(NCC(=O)N(C)C)NC2CCCCC2)n1C.I. The molecular weight excluding hydrogens is 433 g/mol. The zero-order valence-electron chi connectivity index (χ0n) is 15.6. The van der Waals surface area contributed by atoms with E-state index in [0.29, 0.717) is 18.5 Å². The van der Waals surface area contributed by atoms with Crippen molar-refractivity contribution in [3.63, 3.8) is 0 Å². The van der Waals surface area contributed by atoms with Gasteiger partial charge < -0.3 is 20.1 Å². The number of nitrogens with zero attached hydrogens (tertiary/aromatic N) is 5. The number of aromatic nitrogens is 3. The van der Waals surface area contributed by atoms with E-state index in [1.54, 1.807) is 19.0 Å². The van der Waals surface area contributed by atoms with Crippen LogP contribution < -0.4 is 10.6 Å². The molecule has 9 heteroatoms. The van der Waals surface area contributed by atoms with E-state index in [4.69, 9.17) is 0 Å². The predicted octanol–water partition coefficient (Wildman–Crippen LogP) is 1.20. The minimum absolute atomic E-state index is 0. The number of carbonyl (C=O) groups excluding carboxylic acids is 1. The standard InChI is InChI=1S/C16H29N7O.HI/c1-12-20-21-14(23(12)4)10-17-16(18-11-15(24)22(2)3)19-13-8-6-5-7-9-13;/h13H,5-11H2,1-4H3,(H2,17,18,19);1H. The van der Waals surface area contributed by atoms with E-state index >= 15 is 0 Å². The lowest BCUT2D eigenvalue weighted by atomic mass is 9.96. The molecule has 0 atom stereocenters. The fourth-order valence-corrected chi connectivity index (χ4v) is 2.65. The normalized spacial score (nSPS) is 15.4. The van der Waals surface area contributed by atoms with E-state index in [1.165, 1.54) is 19.3 Å². The number of halogens is 1. The summed E-state index contributed by atoms with van der Waals surface area (Å²) in [5, 5.41) is 14.8. The largest absolute Gasteiger partial charge is 0.354 e. The van der Waals surface area contributed by atoms with E-state index in [9.17, 15) is 4.79 Å². The van der Waals surface area contributed by atoms with Crippen molar-refractivity contribution in [3.05, 3.63) is 11.6 Å². The molecule has 25 heavy (non-hydrogen) atoms. The van der Waals surface area contributed by atoms with Gasteiger partial charge in [-0.25, -0.2) is 4.99 Å². The summed E-state index contributed by atoms with van der Waals surface area (Å²) >= 11 is 0. The molecule has 0 aliphatic heterocycles. The van der Waals surface area contributed by atoms with E-state index in [2.05, 4.69) is 25.8 Å². The van der Waals surface area contributed by atoms with Gasteiger partial charge in [0.05, 0.1) is 6.54 Å². The molecule has 0 bridgehead atoms. The van der Waals surface area contributed by atoms with Gasteiger partial charge in [0.25, 0.3) is 0 Å². The van der Waals surface area contributed by atoms with Crippen LogP contribution in [0.5, 0.6) is 0 Å². The van der Waals surface area contributed by atoms with Crippen molar-refractivity contribution >= 4 is 35.8 Å². The smallest absolute Gasteiger partial charge is 0.241 e. The molecule has 142 valence electrons. The summed E-state index contributed by atoms with van der Waals surface area (Å²) in [5.41, 5.74) is 0. The van der Waals surface area contributed by atoms with Crippen LogP contribution in [0.3, 0.4) is 0 Å². The maximum atomic E-state index is 11.8. The van der Waals surface area contributed by atoms with Crippen LogP contribution in [-0.2, 0) is 18.4 Å². The van der Waals surface area contributed by atoms with Crippen molar-refractivity contribution in [2.75, 3.05) is 20.6 Å².